The first-order chi connectivity index (χ1) is 10.2. The molecule has 2 fully saturated rings. The van der Waals surface area contributed by atoms with Crippen LogP contribution in [-0.2, 0) is 4.79 Å². The minimum Gasteiger partial charge on any atom is -0.384 e. The van der Waals surface area contributed by atoms with Gasteiger partial charge in [-0.25, -0.2) is 4.98 Å². The molecular formula is C16H23N3OS. The number of thioether (sulfide) groups is 1. The van der Waals surface area contributed by atoms with E-state index in [-0.39, 0.29) is 5.91 Å². The second kappa shape index (κ2) is 6.69. The fourth-order valence-electron chi connectivity index (χ4n) is 3.64. The van der Waals surface area contributed by atoms with Gasteiger partial charge in [-0.3, -0.25) is 4.79 Å². The Labute approximate surface area is 130 Å². The van der Waals surface area contributed by atoms with Crippen LogP contribution in [0.4, 0.5) is 5.82 Å². The van der Waals surface area contributed by atoms with E-state index in [0.717, 1.165) is 17.4 Å². The van der Waals surface area contributed by atoms with E-state index in [9.17, 15) is 4.79 Å². The van der Waals surface area contributed by atoms with Crippen molar-refractivity contribution < 1.29 is 4.79 Å². The quantitative estimate of drug-likeness (QED) is 0.872. The fourth-order valence-corrected chi connectivity index (χ4v) is 4.39. The van der Waals surface area contributed by atoms with Crippen LogP contribution in [0.15, 0.2) is 23.2 Å². The summed E-state index contributed by atoms with van der Waals surface area (Å²) in [7, 11) is 0. The summed E-state index contributed by atoms with van der Waals surface area (Å²) in [4.78, 5) is 19.8. The Hall–Kier alpha value is -1.23. The average Bonchev–Trinajstić information content (AvgIpc) is 2.53. The second-order valence-electron chi connectivity index (χ2n) is 6.05. The van der Waals surface area contributed by atoms with Gasteiger partial charge < -0.3 is 10.6 Å². The minimum absolute atomic E-state index is 0.286. The van der Waals surface area contributed by atoms with Gasteiger partial charge in [-0.15, -0.1) is 11.8 Å². The van der Waals surface area contributed by atoms with Crippen molar-refractivity contribution in [1.29, 1.82) is 0 Å². The number of anilines is 1. The number of carbonyl (C=O) groups excluding carboxylic acids is 1. The lowest BCUT2D eigenvalue weighted by Gasteiger charge is -2.44. The molecule has 3 rings (SSSR count). The normalized spacial score (nSPS) is 25.4. The van der Waals surface area contributed by atoms with E-state index >= 15 is 0 Å². The zero-order valence-electron chi connectivity index (χ0n) is 12.3. The van der Waals surface area contributed by atoms with E-state index in [2.05, 4.69) is 9.88 Å². The van der Waals surface area contributed by atoms with Gasteiger partial charge in [0.15, 0.2) is 0 Å². The molecule has 2 unspecified atom stereocenters. The molecule has 114 valence electrons. The number of nitrogens with zero attached hydrogens (tertiary/aromatic N) is 2. The number of hydrogen-bond acceptors (Lipinski definition) is 4. The van der Waals surface area contributed by atoms with E-state index in [1.54, 1.807) is 24.0 Å². The molecule has 1 aliphatic carbocycles. The Kier molecular flexibility index (Phi) is 4.68. The number of piperidine rings is 1. The van der Waals surface area contributed by atoms with E-state index in [1.807, 2.05) is 6.07 Å². The number of amides is 1. The molecule has 0 bridgehead atoms. The number of likely N-dealkylation sites (tertiary alicyclic amines) is 1. The van der Waals surface area contributed by atoms with Crippen LogP contribution in [0.3, 0.4) is 0 Å². The molecule has 2 atom stereocenters. The summed E-state index contributed by atoms with van der Waals surface area (Å²) in [5, 5.41) is 0. The number of aromatic nitrogens is 1. The number of hydrogen-bond donors (Lipinski definition) is 1. The summed E-state index contributed by atoms with van der Waals surface area (Å²) in [6, 6.07) is 4.22. The van der Waals surface area contributed by atoms with Crippen molar-refractivity contribution in [2.75, 3.05) is 18.0 Å². The highest BCUT2D eigenvalue weighted by atomic mass is 32.2. The molecule has 2 N–H and O–H groups in total. The molecule has 0 spiro atoms. The van der Waals surface area contributed by atoms with Crippen molar-refractivity contribution >= 4 is 23.5 Å². The summed E-state index contributed by atoms with van der Waals surface area (Å²) in [6.45, 7) is 0.945. The van der Waals surface area contributed by atoms with Gasteiger partial charge in [0.2, 0.25) is 5.91 Å². The topological polar surface area (TPSA) is 59.2 Å². The van der Waals surface area contributed by atoms with Crippen LogP contribution < -0.4 is 5.73 Å². The summed E-state index contributed by atoms with van der Waals surface area (Å²) in [5.74, 6) is 2.06. The third-order valence-electron chi connectivity index (χ3n) is 4.69. The lowest BCUT2D eigenvalue weighted by Crippen LogP contribution is -2.50. The molecule has 1 aliphatic heterocycles. The second-order valence-corrected chi connectivity index (χ2v) is 7.10. The SMILES string of the molecule is Nc1ccc(SCC(=O)N2CCCC3CCCCC32)cn1. The van der Waals surface area contributed by atoms with E-state index < -0.39 is 0 Å². The smallest absolute Gasteiger partial charge is 0.233 e. The van der Waals surface area contributed by atoms with Gasteiger partial charge in [0.1, 0.15) is 5.82 Å². The average molecular weight is 305 g/mol. The maximum atomic E-state index is 12.6. The van der Waals surface area contributed by atoms with Gasteiger partial charge in [0, 0.05) is 23.7 Å². The molecular weight excluding hydrogens is 282 g/mol. The molecule has 5 heteroatoms. The molecule has 4 nitrogen and oxygen atoms in total. The highest BCUT2D eigenvalue weighted by molar-refractivity contribution is 8.00. The van der Waals surface area contributed by atoms with Crippen LogP contribution in [0, 0.1) is 5.92 Å². The summed E-state index contributed by atoms with van der Waals surface area (Å²) in [5.41, 5.74) is 5.58. The number of fused-ring (bicyclic) bond motifs is 1. The largest absolute Gasteiger partial charge is 0.384 e. The Balaban J connectivity index is 1.57. The van der Waals surface area contributed by atoms with Crippen molar-refractivity contribution in [3.63, 3.8) is 0 Å². The van der Waals surface area contributed by atoms with Crippen LogP contribution in [0.2, 0.25) is 0 Å². The van der Waals surface area contributed by atoms with Crippen molar-refractivity contribution in [3.8, 4) is 0 Å². The standard InChI is InChI=1S/C16H23N3OS/c17-15-8-7-13(10-18-15)21-11-16(20)19-9-3-5-12-4-1-2-6-14(12)19/h7-8,10,12,14H,1-6,9,11H2,(H2,17,18). The van der Waals surface area contributed by atoms with Gasteiger partial charge in [-0.2, -0.15) is 0 Å². The molecule has 21 heavy (non-hydrogen) atoms. The van der Waals surface area contributed by atoms with Gasteiger partial charge in [-0.1, -0.05) is 12.8 Å². The third kappa shape index (κ3) is 3.51. The first-order valence-corrected chi connectivity index (χ1v) is 8.86. The minimum atomic E-state index is 0.286. The first-order valence-electron chi connectivity index (χ1n) is 7.88. The lowest BCUT2D eigenvalue weighted by atomic mass is 9.78. The molecule has 2 aliphatic rings. The summed E-state index contributed by atoms with van der Waals surface area (Å²) < 4.78 is 0. The zero-order chi connectivity index (χ0) is 14.7. The molecule has 1 aromatic heterocycles. The van der Waals surface area contributed by atoms with Gasteiger partial charge in [-0.05, 0) is 43.7 Å². The van der Waals surface area contributed by atoms with Crippen LogP contribution in [-0.4, -0.2) is 34.1 Å². The van der Waals surface area contributed by atoms with Crippen molar-refractivity contribution in [1.82, 2.24) is 9.88 Å². The predicted molar refractivity (Wildman–Crippen MR) is 86.1 cm³/mol. The maximum absolute atomic E-state index is 12.6. The predicted octanol–water partition coefficient (Wildman–Crippen LogP) is 2.94. The molecule has 1 saturated heterocycles. The first kappa shape index (κ1) is 14.7. The summed E-state index contributed by atoms with van der Waals surface area (Å²) in [6.07, 6.45) is 9.35. The molecule has 2 heterocycles. The molecule has 0 aromatic carbocycles. The van der Waals surface area contributed by atoms with Gasteiger partial charge in [0.25, 0.3) is 0 Å². The highest BCUT2D eigenvalue weighted by Crippen LogP contribution is 2.35. The fraction of sp³-hybridized carbons (Fsp3) is 0.625. The van der Waals surface area contributed by atoms with Crippen LogP contribution in [0.5, 0.6) is 0 Å². The molecule has 0 radical (unpaired) electrons. The number of carbonyl (C=O) groups is 1. The van der Waals surface area contributed by atoms with Crippen LogP contribution >= 0.6 is 11.8 Å². The third-order valence-corrected chi connectivity index (χ3v) is 5.65. The van der Waals surface area contributed by atoms with Gasteiger partial charge >= 0.3 is 0 Å². The van der Waals surface area contributed by atoms with Crippen molar-refractivity contribution in [3.05, 3.63) is 18.3 Å². The van der Waals surface area contributed by atoms with E-state index in [1.165, 1.54) is 38.5 Å². The van der Waals surface area contributed by atoms with Gasteiger partial charge in [0.05, 0.1) is 5.75 Å². The van der Waals surface area contributed by atoms with E-state index in [0.29, 0.717) is 17.6 Å². The van der Waals surface area contributed by atoms with Crippen LogP contribution in [0.25, 0.3) is 0 Å². The Morgan fingerprint density at radius 2 is 2.10 bits per heavy atom. The van der Waals surface area contributed by atoms with Crippen molar-refractivity contribution in [2.45, 2.75) is 49.5 Å². The monoisotopic (exact) mass is 305 g/mol. The maximum Gasteiger partial charge on any atom is 0.233 e. The number of pyridine rings is 1. The number of nitrogen functional groups attached to an aromatic ring is 1. The molecule has 1 amide bonds. The van der Waals surface area contributed by atoms with Crippen LogP contribution in [0.1, 0.15) is 38.5 Å². The summed E-state index contributed by atoms with van der Waals surface area (Å²) >= 11 is 1.56. The molecule has 1 saturated carbocycles. The van der Waals surface area contributed by atoms with Crippen molar-refractivity contribution in [2.24, 2.45) is 5.92 Å². The number of rotatable bonds is 3. The molecule has 1 aromatic rings. The Bertz CT molecular complexity index is 489. The highest BCUT2D eigenvalue weighted by Gasteiger charge is 2.35. The van der Waals surface area contributed by atoms with E-state index in [4.69, 9.17) is 5.73 Å². The Morgan fingerprint density at radius 1 is 1.29 bits per heavy atom. The lowest BCUT2D eigenvalue weighted by molar-refractivity contribution is -0.134. The number of nitrogens with two attached hydrogens (primary N) is 1. The Morgan fingerprint density at radius 3 is 2.90 bits per heavy atom. The zero-order valence-corrected chi connectivity index (χ0v) is 13.1.